The van der Waals surface area contributed by atoms with Crippen molar-refractivity contribution in [3.05, 3.63) is 56.9 Å². The molecule has 0 spiro atoms. The van der Waals surface area contributed by atoms with E-state index in [0.29, 0.717) is 26.1 Å². The normalized spacial score (nSPS) is 21.2. The Balaban J connectivity index is 1.39. The molecule has 0 saturated carbocycles. The second-order valence-corrected chi connectivity index (χ2v) is 15.2. The predicted molar refractivity (Wildman–Crippen MR) is 194 cm³/mol. The van der Waals surface area contributed by atoms with Crippen molar-refractivity contribution in [3.8, 4) is 28.8 Å². The first-order valence-corrected chi connectivity index (χ1v) is 18.1. The van der Waals surface area contributed by atoms with Crippen LogP contribution in [-0.4, -0.2) is 96.2 Å². The van der Waals surface area contributed by atoms with E-state index in [1.54, 1.807) is 17.1 Å². The second-order valence-electron chi connectivity index (χ2n) is 13.8. The van der Waals surface area contributed by atoms with Crippen molar-refractivity contribution in [1.82, 2.24) is 24.3 Å². The number of nitrogen functional groups attached to an aromatic ring is 1. The van der Waals surface area contributed by atoms with Crippen LogP contribution in [0.2, 0.25) is 5.02 Å². The number of hydrogen-bond acceptors (Lipinski definition) is 10. The van der Waals surface area contributed by atoms with Gasteiger partial charge in [-0.2, -0.15) is 5.26 Å². The summed E-state index contributed by atoms with van der Waals surface area (Å²) in [6.45, 7) is 4.23. The van der Waals surface area contributed by atoms with Crippen LogP contribution < -0.4 is 20.8 Å². The summed E-state index contributed by atoms with van der Waals surface area (Å²) in [5.41, 5.74) is 5.37. The number of likely N-dealkylation sites (N-methyl/N-ethyl adjacent to an activating group) is 2. The first-order chi connectivity index (χ1) is 24.4. The van der Waals surface area contributed by atoms with Gasteiger partial charge in [-0.05, 0) is 65.5 Å². The number of nitrogens with zero attached hydrogens (tertiary/aromatic N) is 6. The number of likely N-dealkylation sites (tertiary alicyclic amines) is 2. The minimum Gasteiger partial charge on any atom is -0.488 e. The smallest absolute Gasteiger partial charge is 0.314 e. The van der Waals surface area contributed by atoms with Gasteiger partial charge in [0.05, 0.1) is 21.3 Å². The second kappa shape index (κ2) is 13.7. The fourth-order valence-corrected chi connectivity index (χ4v) is 9.02. The van der Waals surface area contributed by atoms with E-state index < -0.39 is 29.3 Å². The highest BCUT2D eigenvalue weighted by Gasteiger charge is 2.40. The first-order valence-electron chi connectivity index (χ1n) is 16.9. The zero-order valence-corrected chi connectivity index (χ0v) is 30.3. The molecule has 2 unspecified atom stereocenters. The Morgan fingerprint density at radius 1 is 1.31 bits per heavy atom. The SMILES string of the molecule is C[C@H](Oc1nc2c(F)c(-c3ccc(F)c4sc(N)c(C#N)c34)c(Cl)c3c2n(c1=O)C(C1CCN(C(=O)/C=C/CN(C)C)C1)CO3)[C@@H]1CCCN1C. The van der Waals surface area contributed by atoms with Crippen LogP contribution in [0.4, 0.5) is 13.8 Å². The van der Waals surface area contributed by atoms with Crippen LogP contribution in [-0.2, 0) is 4.79 Å². The molecule has 2 N–H and O–H groups in total. The molecule has 268 valence electrons. The largest absolute Gasteiger partial charge is 0.488 e. The number of aromatic nitrogens is 2. The maximum atomic E-state index is 17.2. The van der Waals surface area contributed by atoms with Crippen molar-refractivity contribution in [2.45, 2.75) is 44.4 Å². The maximum Gasteiger partial charge on any atom is 0.314 e. The van der Waals surface area contributed by atoms with Crippen LogP contribution in [0.25, 0.3) is 32.2 Å². The molecule has 3 aliphatic rings. The molecule has 1 amide bonds. The highest BCUT2D eigenvalue weighted by molar-refractivity contribution is 7.23. The van der Waals surface area contributed by atoms with E-state index in [0.717, 1.165) is 30.7 Å². The van der Waals surface area contributed by atoms with Gasteiger partial charge in [-0.25, -0.2) is 13.8 Å². The van der Waals surface area contributed by atoms with Crippen LogP contribution in [0.15, 0.2) is 29.1 Å². The molecule has 3 aliphatic heterocycles. The Bertz CT molecular complexity index is 2200. The summed E-state index contributed by atoms with van der Waals surface area (Å²) in [4.78, 5) is 37.8. The number of benzene rings is 2. The zero-order chi connectivity index (χ0) is 36.3. The first kappa shape index (κ1) is 35.1. The number of thiophene rings is 1. The van der Waals surface area contributed by atoms with Gasteiger partial charge in [0.25, 0.3) is 5.88 Å². The van der Waals surface area contributed by atoms with Crippen molar-refractivity contribution in [3.63, 3.8) is 0 Å². The highest BCUT2D eigenvalue weighted by Crippen LogP contribution is 2.50. The van der Waals surface area contributed by atoms with E-state index in [1.165, 1.54) is 16.7 Å². The molecule has 15 heteroatoms. The van der Waals surface area contributed by atoms with Crippen molar-refractivity contribution in [2.24, 2.45) is 5.92 Å². The summed E-state index contributed by atoms with van der Waals surface area (Å²) in [5, 5.41) is 9.99. The molecule has 4 atom stereocenters. The van der Waals surface area contributed by atoms with Gasteiger partial charge in [0.1, 0.15) is 40.6 Å². The lowest BCUT2D eigenvalue weighted by Gasteiger charge is -2.33. The number of nitrogens with two attached hydrogens (primary N) is 1. The summed E-state index contributed by atoms with van der Waals surface area (Å²) in [5.74, 6) is -2.06. The number of fused-ring (bicyclic) bond motifs is 1. The molecule has 4 aromatic rings. The van der Waals surface area contributed by atoms with Crippen LogP contribution >= 0.6 is 22.9 Å². The summed E-state index contributed by atoms with van der Waals surface area (Å²) < 4.78 is 46.4. The number of amides is 1. The third-order valence-corrected chi connectivity index (χ3v) is 11.7. The number of hydrogen-bond donors (Lipinski definition) is 1. The van der Waals surface area contributed by atoms with E-state index in [4.69, 9.17) is 26.8 Å². The van der Waals surface area contributed by atoms with Crippen molar-refractivity contribution in [1.29, 1.82) is 5.26 Å². The number of halogens is 3. The molecule has 2 fully saturated rings. The summed E-state index contributed by atoms with van der Waals surface area (Å²) in [6, 6.07) is 3.97. The van der Waals surface area contributed by atoms with Gasteiger partial charge in [0, 0.05) is 48.6 Å². The Morgan fingerprint density at radius 2 is 2.10 bits per heavy atom. The van der Waals surface area contributed by atoms with Gasteiger partial charge >= 0.3 is 5.56 Å². The van der Waals surface area contributed by atoms with Crippen LogP contribution in [0.3, 0.4) is 0 Å². The summed E-state index contributed by atoms with van der Waals surface area (Å²) >= 11 is 7.87. The average molecular weight is 738 g/mol. The van der Waals surface area contributed by atoms with Gasteiger partial charge < -0.3 is 25.0 Å². The lowest BCUT2D eigenvalue weighted by molar-refractivity contribution is -0.125. The summed E-state index contributed by atoms with van der Waals surface area (Å²) in [6.07, 6.45) is 5.36. The molecular weight excluding hydrogens is 700 g/mol. The van der Waals surface area contributed by atoms with Crippen LogP contribution in [0, 0.1) is 28.9 Å². The molecule has 0 radical (unpaired) electrons. The van der Waals surface area contributed by atoms with E-state index in [2.05, 4.69) is 9.88 Å². The quantitative estimate of drug-likeness (QED) is 0.236. The monoisotopic (exact) mass is 737 g/mol. The Kier molecular flexibility index (Phi) is 9.43. The molecule has 2 aromatic carbocycles. The predicted octanol–water partition coefficient (Wildman–Crippen LogP) is 5.42. The van der Waals surface area contributed by atoms with Gasteiger partial charge in [-0.3, -0.25) is 19.1 Å². The van der Waals surface area contributed by atoms with Gasteiger partial charge in [0.15, 0.2) is 11.6 Å². The Labute approximate surface area is 302 Å². The molecule has 2 aromatic heterocycles. The highest BCUT2D eigenvalue weighted by atomic mass is 35.5. The number of nitriles is 1. The third-order valence-electron chi connectivity index (χ3n) is 10.3. The van der Waals surface area contributed by atoms with Crippen molar-refractivity contribution in [2.75, 3.05) is 59.7 Å². The number of carbonyl (C=O) groups excluding carboxylic acids is 1. The minimum atomic E-state index is -0.886. The molecule has 7 rings (SSSR count). The van der Waals surface area contributed by atoms with E-state index >= 15 is 8.78 Å². The lowest BCUT2D eigenvalue weighted by Crippen LogP contribution is -2.42. The molecule has 0 aliphatic carbocycles. The molecule has 51 heavy (non-hydrogen) atoms. The number of rotatable bonds is 8. The van der Waals surface area contributed by atoms with Gasteiger partial charge in [-0.1, -0.05) is 23.7 Å². The Morgan fingerprint density at radius 3 is 2.80 bits per heavy atom. The summed E-state index contributed by atoms with van der Waals surface area (Å²) in [7, 11) is 5.83. The van der Waals surface area contributed by atoms with E-state index in [1.807, 2.05) is 39.0 Å². The molecular formula is C36H38ClF2N7O4S. The number of anilines is 1. The number of ether oxygens (including phenoxy) is 2. The third kappa shape index (κ3) is 5.99. The average Bonchev–Trinajstić information content (AvgIpc) is 3.84. The van der Waals surface area contributed by atoms with Crippen LogP contribution in [0.5, 0.6) is 11.6 Å². The van der Waals surface area contributed by atoms with Crippen molar-refractivity contribution < 1.29 is 23.0 Å². The molecule has 5 heterocycles. The fraction of sp³-hybridized carbons (Fsp3) is 0.444. The van der Waals surface area contributed by atoms with Crippen molar-refractivity contribution >= 4 is 55.0 Å². The lowest BCUT2D eigenvalue weighted by atomic mass is 9.95. The molecule has 2 saturated heterocycles. The molecule has 0 bridgehead atoms. The van der Waals surface area contributed by atoms with Crippen LogP contribution in [0.1, 0.15) is 37.8 Å². The van der Waals surface area contributed by atoms with Gasteiger partial charge in [-0.15, -0.1) is 11.3 Å². The topological polar surface area (TPSA) is 130 Å². The standard InChI is InChI=1S/C36H38ClF2N7O4S/c1-18(23-7-5-13-44(23)4)50-35-36(48)46-24(19-11-14-45(16-19)25(47)8-6-12-43(2)3)17-49-32-28(37)27(29(39)30(42-35)31(32)46)20-9-10-22(38)33-26(20)21(15-40)34(41)51-33/h6,8-10,18-19,23-24H,5,7,11-14,16-17,41H2,1-4H3/b8-6+/t18-,19?,23-,24?/m0/s1. The zero-order valence-electron chi connectivity index (χ0n) is 28.7. The number of carbonyl (C=O) groups is 1. The maximum absolute atomic E-state index is 17.2. The molecule has 11 nitrogen and oxygen atoms in total. The Hall–Kier alpha value is -4.29. The van der Waals surface area contributed by atoms with E-state index in [-0.39, 0.29) is 83.9 Å². The van der Waals surface area contributed by atoms with E-state index in [9.17, 15) is 14.9 Å². The van der Waals surface area contributed by atoms with Gasteiger partial charge in [0.2, 0.25) is 5.91 Å². The minimum absolute atomic E-state index is 0.00282. The fourth-order valence-electron chi connectivity index (χ4n) is 7.74.